The number of allylic oxidation sites excluding steroid dienone is 1. The van der Waals surface area contributed by atoms with Crippen molar-refractivity contribution in [2.75, 3.05) is 6.61 Å². The average molecular weight is 429 g/mol. The molecule has 0 unspecified atom stereocenters. The molecule has 2 aromatic rings. The number of aromatic hydroxyl groups is 1. The van der Waals surface area contributed by atoms with Crippen LogP contribution in [0.3, 0.4) is 0 Å². The van der Waals surface area contributed by atoms with Gasteiger partial charge in [-0.25, -0.2) is 4.99 Å². The molecule has 3 rings (SSSR count). The van der Waals surface area contributed by atoms with Gasteiger partial charge in [0.15, 0.2) is 16.7 Å². The van der Waals surface area contributed by atoms with Crippen molar-refractivity contribution in [3.63, 3.8) is 0 Å². The minimum atomic E-state index is -0.225. The molecule has 1 fully saturated rings. The lowest BCUT2D eigenvalue weighted by Gasteiger charge is -2.11. The second kappa shape index (κ2) is 9.20. The van der Waals surface area contributed by atoms with Crippen molar-refractivity contribution in [1.82, 2.24) is 5.32 Å². The van der Waals surface area contributed by atoms with Crippen LogP contribution in [-0.2, 0) is 11.2 Å². The van der Waals surface area contributed by atoms with Crippen LogP contribution in [0.5, 0.6) is 11.5 Å². The lowest BCUT2D eigenvalue weighted by atomic mass is 10.1. The van der Waals surface area contributed by atoms with E-state index in [9.17, 15) is 9.90 Å². The van der Waals surface area contributed by atoms with E-state index in [1.54, 1.807) is 24.3 Å². The summed E-state index contributed by atoms with van der Waals surface area (Å²) in [7, 11) is 0. The number of thioether (sulfide) groups is 1. The normalized spacial score (nSPS) is 16.3. The Balaban J connectivity index is 1.91. The first-order chi connectivity index (χ1) is 13.9. The van der Waals surface area contributed by atoms with Gasteiger partial charge in [-0.2, -0.15) is 0 Å². The number of amidine groups is 1. The van der Waals surface area contributed by atoms with Gasteiger partial charge in [-0.1, -0.05) is 17.7 Å². The molecule has 1 aliphatic rings. The van der Waals surface area contributed by atoms with E-state index in [2.05, 4.69) is 16.9 Å². The van der Waals surface area contributed by atoms with E-state index in [1.165, 1.54) is 11.8 Å². The topological polar surface area (TPSA) is 70.9 Å². The Bertz CT molecular complexity index is 1030. The molecule has 150 valence electrons. The number of aliphatic imine (C=N–C) groups is 1. The molecule has 7 heteroatoms. The fraction of sp³-hybridized carbons (Fsp3) is 0.182. The second-order valence-corrected chi connectivity index (χ2v) is 7.83. The van der Waals surface area contributed by atoms with Crippen LogP contribution < -0.4 is 10.1 Å². The zero-order chi connectivity index (χ0) is 21.0. The van der Waals surface area contributed by atoms with E-state index >= 15 is 0 Å². The standard InChI is InChI=1S/C22H21ClN2O3S/c1-4-6-15-10-14(11-18(20(15)26)28-5-2)12-19-21(27)25-22(29-19)24-17-8-7-16(23)9-13(17)3/h4,7-12,26H,1,5-6H2,2-3H3,(H,24,25,27)/b19-12-. The van der Waals surface area contributed by atoms with E-state index in [4.69, 9.17) is 16.3 Å². The summed E-state index contributed by atoms with van der Waals surface area (Å²) in [5, 5.41) is 14.3. The van der Waals surface area contributed by atoms with Crippen molar-refractivity contribution >= 4 is 46.2 Å². The van der Waals surface area contributed by atoms with E-state index < -0.39 is 0 Å². The van der Waals surface area contributed by atoms with Crippen molar-refractivity contribution in [1.29, 1.82) is 0 Å². The van der Waals surface area contributed by atoms with E-state index in [-0.39, 0.29) is 11.7 Å². The fourth-order valence-corrected chi connectivity index (χ4v) is 3.90. The number of halogens is 1. The van der Waals surface area contributed by atoms with Crippen molar-refractivity contribution in [3.8, 4) is 11.5 Å². The van der Waals surface area contributed by atoms with Gasteiger partial charge in [-0.05, 0) is 79.6 Å². The molecule has 1 aliphatic heterocycles. The molecule has 1 saturated heterocycles. The molecule has 1 heterocycles. The molecule has 0 radical (unpaired) electrons. The number of nitrogens with zero attached hydrogens (tertiary/aromatic N) is 1. The third-order valence-electron chi connectivity index (χ3n) is 4.17. The molecule has 1 amide bonds. The van der Waals surface area contributed by atoms with Gasteiger partial charge < -0.3 is 15.2 Å². The maximum absolute atomic E-state index is 12.4. The summed E-state index contributed by atoms with van der Waals surface area (Å²) in [6.07, 6.45) is 3.95. The average Bonchev–Trinajstić information content (AvgIpc) is 3.01. The zero-order valence-electron chi connectivity index (χ0n) is 16.2. The number of carbonyl (C=O) groups is 1. The summed E-state index contributed by atoms with van der Waals surface area (Å²) in [6.45, 7) is 7.90. The molecule has 0 aliphatic carbocycles. The number of phenolic OH excluding ortho intramolecular Hbond substituents is 1. The van der Waals surface area contributed by atoms with Crippen LogP contribution in [0.25, 0.3) is 6.08 Å². The first-order valence-corrected chi connectivity index (χ1v) is 10.3. The molecule has 0 bridgehead atoms. The summed E-state index contributed by atoms with van der Waals surface area (Å²) in [4.78, 5) is 17.4. The summed E-state index contributed by atoms with van der Waals surface area (Å²) >= 11 is 7.24. The number of hydrogen-bond donors (Lipinski definition) is 2. The first kappa shape index (κ1) is 21.0. The molecular weight excluding hydrogens is 408 g/mol. The number of benzene rings is 2. The Morgan fingerprint density at radius 1 is 1.34 bits per heavy atom. The Kier molecular flexibility index (Phi) is 6.67. The molecule has 0 aromatic heterocycles. The molecule has 0 spiro atoms. The van der Waals surface area contributed by atoms with Gasteiger partial charge in [0, 0.05) is 10.6 Å². The number of nitrogens with one attached hydrogen (secondary N) is 1. The summed E-state index contributed by atoms with van der Waals surface area (Å²) in [6, 6.07) is 8.93. The molecule has 5 nitrogen and oxygen atoms in total. The van der Waals surface area contributed by atoms with E-state index in [1.807, 2.05) is 32.0 Å². The van der Waals surface area contributed by atoms with Crippen LogP contribution in [0, 0.1) is 6.92 Å². The molecule has 29 heavy (non-hydrogen) atoms. The van der Waals surface area contributed by atoms with Crippen molar-refractivity contribution in [3.05, 3.63) is 69.6 Å². The van der Waals surface area contributed by atoms with Gasteiger partial charge in [0.1, 0.15) is 0 Å². The third-order valence-corrected chi connectivity index (χ3v) is 5.31. The Morgan fingerprint density at radius 2 is 2.14 bits per heavy atom. The van der Waals surface area contributed by atoms with Crippen molar-refractivity contribution in [2.24, 2.45) is 4.99 Å². The predicted molar refractivity (Wildman–Crippen MR) is 120 cm³/mol. The minimum Gasteiger partial charge on any atom is -0.504 e. The first-order valence-electron chi connectivity index (χ1n) is 9.06. The van der Waals surface area contributed by atoms with E-state index in [0.29, 0.717) is 39.4 Å². The molecule has 0 atom stereocenters. The number of phenols is 1. The molecule has 2 aromatic carbocycles. The van der Waals surface area contributed by atoms with Crippen LogP contribution >= 0.6 is 23.4 Å². The highest BCUT2D eigenvalue weighted by Gasteiger charge is 2.24. The maximum atomic E-state index is 12.4. The van der Waals surface area contributed by atoms with Crippen LogP contribution in [0.4, 0.5) is 5.69 Å². The highest BCUT2D eigenvalue weighted by molar-refractivity contribution is 8.18. The summed E-state index contributed by atoms with van der Waals surface area (Å²) < 4.78 is 5.52. The Morgan fingerprint density at radius 3 is 2.83 bits per heavy atom. The lowest BCUT2D eigenvalue weighted by Crippen LogP contribution is -2.19. The van der Waals surface area contributed by atoms with Gasteiger partial charge >= 0.3 is 0 Å². The highest BCUT2D eigenvalue weighted by Crippen LogP contribution is 2.35. The molecule has 2 N–H and O–H groups in total. The smallest absolute Gasteiger partial charge is 0.264 e. The zero-order valence-corrected chi connectivity index (χ0v) is 17.7. The van der Waals surface area contributed by atoms with Crippen LogP contribution in [0.15, 0.2) is 52.9 Å². The SMILES string of the molecule is C=CCc1cc(/C=C2\SC(=Nc3ccc(Cl)cc3C)NC2=O)cc(OCC)c1O. The van der Waals surface area contributed by atoms with Gasteiger partial charge in [-0.3, -0.25) is 4.79 Å². The Hall–Kier alpha value is -2.70. The fourth-order valence-electron chi connectivity index (χ4n) is 2.83. The maximum Gasteiger partial charge on any atom is 0.264 e. The number of carbonyl (C=O) groups excluding carboxylic acids is 1. The Labute approximate surface area is 179 Å². The van der Waals surface area contributed by atoms with E-state index in [0.717, 1.165) is 16.8 Å². The molecule has 0 saturated carbocycles. The van der Waals surface area contributed by atoms with Crippen molar-refractivity contribution < 1.29 is 14.6 Å². The third kappa shape index (κ3) is 5.02. The van der Waals surface area contributed by atoms with Crippen molar-refractivity contribution in [2.45, 2.75) is 20.3 Å². The van der Waals surface area contributed by atoms with Crippen LogP contribution in [-0.4, -0.2) is 22.8 Å². The minimum absolute atomic E-state index is 0.0953. The number of hydrogen-bond acceptors (Lipinski definition) is 5. The van der Waals surface area contributed by atoms with Gasteiger partial charge in [0.2, 0.25) is 0 Å². The summed E-state index contributed by atoms with van der Waals surface area (Å²) in [5.74, 6) is 0.252. The molecular formula is C22H21ClN2O3S. The number of aryl methyl sites for hydroxylation is 1. The number of rotatable bonds is 6. The monoisotopic (exact) mass is 428 g/mol. The number of ether oxygens (including phenoxy) is 1. The van der Waals surface area contributed by atoms with Crippen LogP contribution in [0.1, 0.15) is 23.6 Å². The van der Waals surface area contributed by atoms with Gasteiger partial charge in [-0.15, -0.1) is 6.58 Å². The van der Waals surface area contributed by atoms with Crippen LogP contribution in [0.2, 0.25) is 5.02 Å². The second-order valence-electron chi connectivity index (χ2n) is 6.37. The van der Waals surface area contributed by atoms with Gasteiger partial charge in [0.25, 0.3) is 5.91 Å². The highest BCUT2D eigenvalue weighted by atomic mass is 35.5. The summed E-state index contributed by atoms with van der Waals surface area (Å²) in [5.41, 5.74) is 3.11. The lowest BCUT2D eigenvalue weighted by molar-refractivity contribution is -0.115. The quantitative estimate of drug-likeness (QED) is 0.479. The largest absolute Gasteiger partial charge is 0.504 e. The number of amides is 1. The predicted octanol–water partition coefficient (Wildman–Crippen LogP) is 5.37. The van der Waals surface area contributed by atoms with Gasteiger partial charge in [0.05, 0.1) is 17.2 Å².